The Balaban J connectivity index is 2.66. The Morgan fingerprint density at radius 2 is 2.27 bits per heavy atom. The standard InChI is InChI=1S/C9H12N4O2/c1-11-8(14)5-13-6-2-3-12-7(4-6)9(10)15/h2-4H,5H2,1H3,(H2,10,15)(H,11,14)(H,12,13). The van der Waals surface area contributed by atoms with Crippen molar-refractivity contribution in [3.05, 3.63) is 24.0 Å². The summed E-state index contributed by atoms with van der Waals surface area (Å²) in [6.45, 7) is 0.138. The van der Waals surface area contributed by atoms with Crippen LogP contribution >= 0.6 is 0 Å². The lowest BCUT2D eigenvalue weighted by molar-refractivity contribution is -0.118. The first-order chi connectivity index (χ1) is 7.13. The van der Waals surface area contributed by atoms with Gasteiger partial charge in [0, 0.05) is 18.9 Å². The van der Waals surface area contributed by atoms with Gasteiger partial charge in [0.15, 0.2) is 0 Å². The number of carbonyl (C=O) groups is 2. The molecule has 15 heavy (non-hydrogen) atoms. The molecular weight excluding hydrogens is 196 g/mol. The summed E-state index contributed by atoms with van der Waals surface area (Å²) < 4.78 is 0. The summed E-state index contributed by atoms with van der Waals surface area (Å²) in [7, 11) is 1.55. The highest BCUT2D eigenvalue weighted by molar-refractivity contribution is 5.91. The molecule has 0 saturated carbocycles. The number of nitrogens with zero attached hydrogens (tertiary/aromatic N) is 1. The van der Waals surface area contributed by atoms with Gasteiger partial charge in [-0.1, -0.05) is 0 Å². The average molecular weight is 208 g/mol. The van der Waals surface area contributed by atoms with Gasteiger partial charge in [-0.3, -0.25) is 14.6 Å². The normalized spacial score (nSPS) is 9.40. The van der Waals surface area contributed by atoms with E-state index >= 15 is 0 Å². The molecule has 1 heterocycles. The number of amides is 2. The Labute approximate surface area is 86.9 Å². The van der Waals surface area contributed by atoms with E-state index in [1.165, 1.54) is 12.3 Å². The zero-order valence-corrected chi connectivity index (χ0v) is 8.28. The van der Waals surface area contributed by atoms with Crippen LogP contribution in [-0.2, 0) is 4.79 Å². The van der Waals surface area contributed by atoms with Crippen LogP contribution in [0.1, 0.15) is 10.5 Å². The van der Waals surface area contributed by atoms with E-state index in [2.05, 4.69) is 15.6 Å². The van der Waals surface area contributed by atoms with Crippen molar-refractivity contribution in [2.24, 2.45) is 5.73 Å². The molecule has 0 fully saturated rings. The highest BCUT2D eigenvalue weighted by Crippen LogP contribution is 2.06. The number of carbonyl (C=O) groups excluding carboxylic acids is 2. The maximum absolute atomic E-state index is 10.9. The Morgan fingerprint density at radius 1 is 1.53 bits per heavy atom. The fourth-order valence-corrected chi connectivity index (χ4v) is 0.946. The van der Waals surface area contributed by atoms with E-state index in [-0.39, 0.29) is 18.1 Å². The summed E-state index contributed by atoms with van der Waals surface area (Å²) in [4.78, 5) is 25.5. The predicted molar refractivity (Wildman–Crippen MR) is 55.3 cm³/mol. The van der Waals surface area contributed by atoms with Crippen LogP contribution in [0, 0.1) is 0 Å². The van der Waals surface area contributed by atoms with Crippen LogP contribution in [0.3, 0.4) is 0 Å². The molecule has 80 valence electrons. The van der Waals surface area contributed by atoms with Crippen molar-refractivity contribution >= 4 is 17.5 Å². The van der Waals surface area contributed by atoms with Crippen molar-refractivity contribution in [2.75, 3.05) is 18.9 Å². The molecule has 4 N–H and O–H groups in total. The quantitative estimate of drug-likeness (QED) is 0.611. The van der Waals surface area contributed by atoms with Crippen LogP contribution < -0.4 is 16.4 Å². The van der Waals surface area contributed by atoms with Crippen molar-refractivity contribution in [2.45, 2.75) is 0 Å². The third kappa shape index (κ3) is 3.26. The highest BCUT2D eigenvalue weighted by Gasteiger charge is 2.03. The summed E-state index contributed by atoms with van der Waals surface area (Å²) in [6, 6.07) is 3.14. The van der Waals surface area contributed by atoms with Gasteiger partial charge in [-0.15, -0.1) is 0 Å². The number of nitrogens with two attached hydrogens (primary N) is 1. The number of hydrogen-bond donors (Lipinski definition) is 3. The first kappa shape index (κ1) is 11.0. The van der Waals surface area contributed by atoms with Crippen molar-refractivity contribution < 1.29 is 9.59 Å². The summed E-state index contributed by atoms with van der Waals surface area (Å²) >= 11 is 0. The van der Waals surface area contributed by atoms with E-state index in [9.17, 15) is 9.59 Å². The second-order valence-electron chi connectivity index (χ2n) is 2.82. The van der Waals surface area contributed by atoms with Crippen molar-refractivity contribution in [3.63, 3.8) is 0 Å². The van der Waals surface area contributed by atoms with Gasteiger partial charge in [-0.25, -0.2) is 0 Å². The zero-order valence-electron chi connectivity index (χ0n) is 8.28. The smallest absolute Gasteiger partial charge is 0.267 e. The molecule has 0 unspecified atom stereocenters. The van der Waals surface area contributed by atoms with Crippen LogP contribution in [0.5, 0.6) is 0 Å². The van der Waals surface area contributed by atoms with Gasteiger partial charge >= 0.3 is 0 Å². The third-order valence-corrected chi connectivity index (χ3v) is 1.74. The number of hydrogen-bond acceptors (Lipinski definition) is 4. The maximum atomic E-state index is 10.9. The molecule has 0 aliphatic carbocycles. The highest BCUT2D eigenvalue weighted by atomic mass is 16.2. The minimum atomic E-state index is -0.599. The number of nitrogens with one attached hydrogen (secondary N) is 2. The van der Waals surface area contributed by atoms with E-state index in [0.717, 1.165) is 0 Å². The molecule has 1 rings (SSSR count). The van der Waals surface area contributed by atoms with E-state index in [1.807, 2.05) is 0 Å². The lowest BCUT2D eigenvalue weighted by Gasteiger charge is -2.05. The van der Waals surface area contributed by atoms with Gasteiger partial charge in [0.05, 0.1) is 6.54 Å². The molecule has 1 aromatic rings. The van der Waals surface area contributed by atoms with Gasteiger partial charge in [0.1, 0.15) is 5.69 Å². The minimum absolute atomic E-state index is 0.138. The second kappa shape index (κ2) is 4.94. The van der Waals surface area contributed by atoms with Crippen molar-refractivity contribution in [3.8, 4) is 0 Å². The maximum Gasteiger partial charge on any atom is 0.267 e. The molecule has 0 bridgehead atoms. The molecule has 6 heteroatoms. The lowest BCUT2D eigenvalue weighted by atomic mass is 10.3. The van der Waals surface area contributed by atoms with Crippen LogP contribution in [-0.4, -0.2) is 30.4 Å². The number of likely N-dealkylation sites (N-methyl/N-ethyl adjacent to an activating group) is 1. The Morgan fingerprint density at radius 3 is 2.87 bits per heavy atom. The largest absolute Gasteiger partial charge is 0.376 e. The fraction of sp³-hybridized carbons (Fsp3) is 0.222. The van der Waals surface area contributed by atoms with Crippen LogP contribution in [0.15, 0.2) is 18.3 Å². The van der Waals surface area contributed by atoms with E-state index in [4.69, 9.17) is 5.73 Å². The number of primary amides is 1. The van der Waals surface area contributed by atoms with Crippen molar-refractivity contribution in [1.82, 2.24) is 10.3 Å². The molecule has 0 saturated heterocycles. The Hall–Kier alpha value is -2.11. The molecule has 0 aliphatic heterocycles. The SMILES string of the molecule is CNC(=O)CNc1ccnc(C(N)=O)c1. The van der Waals surface area contributed by atoms with Gasteiger partial charge in [0.2, 0.25) is 5.91 Å². The van der Waals surface area contributed by atoms with Gasteiger partial charge in [-0.05, 0) is 12.1 Å². The number of anilines is 1. The first-order valence-electron chi connectivity index (χ1n) is 4.34. The zero-order chi connectivity index (χ0) is 11.3. The second-order valence-corrected chi connectivity index (χ2v) is 2.82. The molecule has 0 aromatic carbocycles. The number of pyridine rings is 1. The van der Waals surface area contributed by atoms with Gasteiger partial charge in [-0.2, -0.15) is 0 Å². The summed E-state index contributed by atoms with van der Waals surface area (Å²) in [6.07, 6.45) is 1.45. The van der Waals surface area contributed by atoms with Crippen LogP contribution in [0.4, 0.5) is 5.69 Å². The van der Waals surface area contributed by atoms with E-state index in [0.29, 0.717) is 5.69 Å². The van der Waals surface area contributed by atoms with E-state index < -0.39 is 5.91 Å². The van der Waals surface area contributed by atoms with Crippen LogP contribution in [0.25, 0.3) is 0 Å². The number of aromatic nitrogens is 1. The van der Waals surface area contributed by atoms with Gasteiger partial charge in [0.25, 0.3) is 5.91 Å². The molecule has 0 radical (unpaired) electrons. The fourth-order valence-electron chi connectivity index (χ4n) is 0.946. The third-order valence-electron chi connectivity index (χ3n) is 1.74. The molecule has 6 nitrogen and oxygen atoms in total. The summed E-state index contributed by atoms with van der Waals surface area (Å²) in [5.74, 6) is -0.744. The summed E-state index contributed by atoms with van der Waals surface area (Å²) in [5, 5.41) is 5.29. The van der Waals surface area contributed by atoms with Crippen molar-refractivity contribution in [1.29, 1.82) is 0 Å². The molecule has 0 spiro atoms. The lowest BCUT2D eigenvalue weighted by Crippen LogP contribution is -2.26. The molecule has 0 aliphatic rings. The Kier molecular flexibility index (Phi) is 3.61. The minimum Gasteiger partial charge on any atom is -0.376 e. The van der Waals surface area contributed by atoms with E-state index in [1.54, 1.807) is 13.1 Å². The topological polar surface area (TPSA) is 97.1 Å². The average Bonchev–Trinajstić information content (AvgIpc) is 2.26. The molecule has 2 amide bonds. The predicted octanol–water partition coefficient (Wildman–Crippen LogP) is -0.662. The summed E-state index contributed by atoms with van der Waals surface area (Å²) in [5.41, 5.74) is 5.85. The van der Waals surface area contributed by atoms with Gasteiger partial charge < -0.3 is 16.4 Å². The molecule has 0 atom stereocenters. The molecule has 1 aromatic heterocycles. The first-order valence-corrected chi connectivity index (χ1v) is 4.34. The monoisotopic (exact) mass is 208 g/mol. The molecular formula is C9H12N4O2. The van der Waals surface area contributed by atoms with Crippen LogP contribution in [0.2, 0.25) is 0 Å². The number of rotatable bonds is 4. The Bertz CT molecular complexity index is 378.